The van der Waals surface area contributed by atoms with Crippen LogP contribution in [0.25, 0.3) is 0 Å². The van der Waals surface area contributed by atoms with Gasteiger partial charge in [0.15, 0.2) is 11.7 Å². The molecule has 0 saturated carbocycles. The van der Waals surface area contributed by atoms with Crippen LogP contribution in [0.15, 0.2) is 50.6 Å². The first-order valence-corrected chi connectivity index (χ1v) is 9.13. The fraction of sp³-hybridized carbons (Fsp3) is 0.474. The molecule has 9 heteroatoms. The van der Waals surface area contributed by atoms with Gasteiger partial charge in [0.2, 0.25) is 0 Å². The molecule has 1 amide bonds. The smallest absolute Gasteiger partial charge is 0.289 e. The molecular weight excluding hydrogens is 475 g/mol. The summed E-state index contributed by atoms with van der Waals surface area (Å²) >= 11 is 0. The Morgan fingerprint density at radius 2 is 1.82 bits per heavy atom. The molecule has 0 radical (unpaired) electrons. The van der Waals surface area contributed by atoms with Gasteiger partial charge in [0.05, 0.1) is 19.1 Å². The lowest BCUT2D eigenvalue weighted by atomic mass is 10.0. The third kappa shape index (κ3) is 5.28. The van der Waals surface area contributed by atoms with E-state index in [0.717, 1.165) is 5.96 Å². The van der Waals surface area contributed by atoms with Crippen molar-refractivity contribution in [2.75, 3.05) is 39.3 Å². The molecule has 28 heavy (non-hydrogen) atoms. The molecule has 1 fully saturated rings. The average Bonchev–Trinajstić information content (AvgIpc) is 3.39. The molecule has 1 unspecified atom stereocenters. The number of piperazine rings is 1. The minimum atomic E-state index is -1.18. The van der Waals surface area contributed by atoms with Crippen molar-refractivity contribution < 1.29 is 18.7 Å². The van der Waals surface area contributed by atoms with E-state index in [2.05, 4.69) is 15.2 Å². The lowest BCUT2D eigenvalue weighted by molar-refractivity contribution is 0.0433. The zero-order valence-corrected chi connectivity index (χ0v) is 18.5. The molecule has 1 atom stereocenters. The van der Waals surface area contributed by atoms with Gasteiger partial charge in [0.25, 0.3) is 5.91 Å². The van der Waals surface area contributed by atoms with Crippen LogP contribution < -0.4 is 5.32 Å². The minimum absolute atomic E-state index is 0. The van der Waals surface area contributed by atoms with Crippen LogP contribution in [0.5, 0.6) is 0 Å². The zero-order chi connectivity index (χ0) is 19.3. The molecule has 3 heterocycles. The lowest BCUT2D eigenvalue weighted by Crippen LogP contribution is -2.54. The summed E-state index contributed by atoms with van der Waals surface area (Å²) in [5.74, 6) is 1.46. The molecule has 0 bridgehead atoms. The summed E-state index contributed by atoms with van der Waals surface area (Å²) < 4.78 is 10.5. The quantitative estimate of drug-likeness (QED) is 0.370. The first-order valence-electron chi connectivity index (χ1n) is 9.13. The minimum Gasteiger partial charge on any atom is -0.466 e. The number of aliphatic imine (C=N–C) groups is 1. The molecule has 1 aliphatic heterocycles. The molecule has 1 aliphatic rings. The maximum atomic E-state index is 12.4. The Morgan fingerprint density at radius 1 is 1.18 bits per heavy atom. The number of hydrogen-bond donors (Lipinski definition) is 2. The van der Waals surface area contributed by atoms with Gasteiger partial charge in [0, 0.05) is 32.7 Å². The maximum absolute atomic E-state index is 12.4. The first kappa shape index (κ1) is 22.3. The number of amides is 1. The van der Waals surface area contributed by atoms with Crippen molar-refractivity contribution in [2.24, 2.45) is 4.99 Å². The van der Waals surface area contributed by atoms with Crippen LogP contribution in [0.4, 0.5) is 0 Å². The number of halogens is 1. The van der Waals surface area contributed by atoms with E-state index < -0.39 is 5.60 Å². The second kappa shape index (κ2) is 9.97. The van der Waals surface area contributed by atoms with Crippen molar-refractivity contribution in [3.8, 4) is 0 Å². The molecular formula is C19H27IN4O4. The number of nitrogens with one attached hydrogen (secondary N) is 1. The third-order valence-electron chi connectivity index (χ3n) is 4.52. The topological polar surface area (TPSA) is 94.5 Å². The van der Waals surface area contributed by atoms with Gasteiger partial charge in [-0.15, -0.1) is 24.0 Å². The van der Waals surface area contributed by atoms with Gasteiger partial charge in [-0.3, -0.25) is 4.79 Å². The van der Waals surface area contributed by atoms with Crippen molar-refractivity contribution >= 4 is 35.8 Å². The van der Waals surface area contributed by atoms with Crippen LogP contribution >= 0.6 is 24.0 Å². The summed E-state index contributed by atoms with van der Waals surface area (Å²) in [6.07, 6.45) is 3.04. The van der Waals surface area contributed by atoms with Crippen LogP contribution in [0, 0.1) is 0 Å². The highest BCUT2D eigenvalue weighted by Gasteiger charge is 2.28. The number of nitrogens with zero attached hydrogens (tertiary/aromatic N) is 3. The summed E-state index contributed by atoms with van der Waals surface area (Å²) in [5, 5.41) is 13.9. The van der Waals surface area contributed by atoms with Gasteiger partial charge >= 0.3 is 0 Å². The Labute approximate surface area is 181 Å². The average molecular weight is 502 g/mol. The van der Waals surface area contributed by atoms with Crippen LogP contribution in [-0.4, -0.2) is 66.0 Å². The van der Waals surface area contributed by atoms with Crippen LogP contribution in [0.2, 0.25) is 0 Å². The predicted molar refractivity (Wildman–Crippen MR) is 116 cm³/mol. The van der Waals surface area contributed by atoms with Crippen molar-refractivity contribution in [3.05, 3.63) is 48.3 Å². The highest BCUT2D eigenvalue weighted by molar-refractivity contribution is 14.0. The van der Waals surface area contributed by atoms with E-state index in [1.165, 1.54) is 12.5 Å². The fourth-order valence-corrected chi connectivity index (χ4v) is 3.00. The highest BCUT2D eigenvalue weighted by atomic mass is 127. The maximum Gasteiger partial charge on any atom is 0.289 e. The Morgan fingerprint density at radius 3 is 2.39 bits per heavy atom. The van der Waals surface area contributed by atoms with Gasteiger partial charge in [-0.25, -0.2) is 4.99 Å². The third-order valence-corrected chi connectivity index (χ3v) is 4.52. The summed E-state index contributed by atoms with van der Waals surface area (Å²) in [5.41, 5.74) is -1.18. The Hall–Kier alpha value is -2.01. The number of rotatable bonds is 5. The molecule has 1 saturated heterocycles. The number of guanidine groups is 1. The van der Waals surface area contributed by atoms with E-state index in [0.29, 0.717) is 44.2 Å². The van der Waals surface area contributed by atoms with Gasteiger partial charge in [0.1, 0.15) is 11.4 Å². The lowest BCUT2D eigenvalue weighted by Gasteiger charge is -2.36. The number of hydrogen-bond acceptors (Lipinski definition) is 5. The molecule has 2 aromatic rings. The second-order valence-corrected chi connectivity index (χ2v) is 6.68. The fourth-order valence-electron chi connectivity index (χ4n) is 3.00. The second-order valence-electron chi connectivity index (χ2n) is 6.68. The molecule has 3 rings (SSSR count). The molecule has 0 aliphatic carbocycles. The number of carbonyl (C=O) groups is 1. The predicted octanol–water partition coefficient (Wildman–Crippen LogP) is 2.12. The SMILES string of the molecule is CCNC(=NCC(C)(O)c1ccco1)N1CCN(C(=O)c2ccco2)CC1.I. The number of carbonyl (C=O) groups excluding carboxylic acids is 1. The Kier molecular flexibility index (Phi) is 7.93. The highest BCUT2D eigenvalue weighted by Crippen LogP contribution is 2.21. The molecule has 0 spiro atoms. The van der Waals surface area contributed by atoms with E-state index in [1.54, 1.807) is 36.1 Å². The van der Waals surface area contributed by atoms with Crippen molar-refractivity contribution in [3.63, 3.8) is 0 Å². The number of furan rings is 2. The van der Waals surface area contributed by atoms with Crippen LogP contribution in [0.3, 0.4) is 0 Å². The van der Waals surface area contributed by atoms with E-state index in [9.17, 15) is 9.90 Å². The van der Waals surface area contributed by atoms with E-state index in [4.69, 9.17) is 8.83 Å². The van der Waals surface area contributed by atoms with Gasteiger partial charge in [-0.2, -0.15) is 0 Å². The summed E-state index contributed by atoms with van der Waals surface area (Å²) in [4.78, 5) is 20.8. The molecule has 0 aromatic carbocycles. The first-order chi connectivity index (χ1) is 13.0. The standard InChI is InChI=1S/C19H26N4O4.HI/c1-3-20-18(21-14-19(2,25)16-7-5-13-27-16)23-10-8-22(9-11-23)17(24)15-6-4-12-26-15;/h4-7,12-13,25H,3,8-11,14H2,1-2H3,(H,20,21);1H. The van der Waals surface area contributed by atoms with Gasteiger partial charge < -0.3 is 29.1 Å². The Bertz CT molecular complexity index is 751. The largest absolute Gasteiger partial charge is 0.466 e. The van der Waals surface area contributed by atoms with Gasteiger partial charge in [-0.1, -0.05) is 0 Å². The van der Waals surface area contributed by atoms with E-state index in [-0.39, 0.29) is 36.4 Å². The van der Waals surface area contributed by atoms with E-state index in [1.807, 2.05) is 6.92 Å². The molecule has 2 N–H and O–H groups in total. The molecule has 8 nitrogen and oxygen atoms in total. The summed E-state index contributed by atoms with van der Waals surface area (Å²) in [7, 11) is 0. The molecule has 154 valence electrons. The molecule has 2 aromatic heterocycles. The Balaban J connectivity index is 0.00000280. The van der Waals surface area contributed by atoms with Crippen LogP contribution in [0.1, 0.15) is 30.2 Å². The van der Waals surface area contributed by atoms with Crippen molar-refractivity contribution in [1.82, 2.24) is 15.1 Å². The summed E-state index contributed by atoms with van der Waals surface area (Å²) in [6.45, 7) is 7.04. The van der Waals surface area contributed by atoms with Gasteiger partial charge in [-0.05, 0) is 38.1 Å². The van der Waals surface area contributed by atoms with Crippen molar-refractivity contribution in [2.45, 2.75) is 19.4 Å². The van der Waals surface area contributed by atoms with Crippen LogP contribution in [-0.2, 0) is 5.60 Å². The summed E-state index contributed by atoms with van der Waals surface area (Å²) in [6, 6.07) is 6.87. The monoisotopic (exact) mass is 502 g/mol. The normalized spacial score (nSPS) is 17.0. The number of aliphatic hydroxyl groups is 1. The van der Waals surface area contributed by atoms with Crippen molar-refractivity contribution in [1.29, 1.82) is 0 Å². The zero-order valence-electron chi connectivity index (χ0n) is 16.1. The van der Waals surface area contributed by atoms with E-state index >= 15 is 0 Å².